The topological polar surface area (TPSA) is 45.5 Å². The number of hydrogen-bond donors (Lipinski definition) is 1. The molecule has 1 unspecified atom stereocenters. The first-order valence-electron chi connectivity index (χ1n) is 7.17. The van der Waals surface area contributed by atoms with Crippen molar-refractivity contribution in [2.45, 2.75) is 25.8 Å². The molecule has 4 nitrogen and oxygen atoms in total. The van der Waals surface area contributed by atoms with Gasteiger partial charge in [-0.15, -0.1) is 0 Å². The molecule has 1 aromatic carbocycles. The summed E-state index contributed by atoms with van der Waals surface area (Å²) in [6, 6.07) is 11.6. The number of anilines is 1. The molecule has 0 fully saturated rings. The van der Waals surface area contributed by atoms with E-state index in [1.165, 1.54) is 0 Å². The number of nitrogens with one attached hydrogen (secondary N) is 1. The van der Waals surface area contributed by atoms with Crippen molar-refractivity contribution in [2.24, 2.45) is 0 Å². The lowest BCUT2D eigenvalue weighted by Gasteiger charge is -2.16. The summed E-state index contributed by atoms with van der Waals surface area (Å²) in [6.45, 7) is 2.01. The first kappa shape index (κ1) is 15.2. The fourth-order valence-electron chi connectivity index (χ4n) is 2.12. The number of benzene rings is 1. The molecule has 1 heterocycles. The minimum Gasteiger partial charge on any atom is -0.469 e. The highest BCUT2D eigenvalue weighted by Crippen LogP contribution is 2.14. The Hall–Kier alpha value is -2.23. The fraction of sp³-hybridized carbons (Fsp3) is 0.353. The molecule has 2 rings (SSSR count). The van der Waals surface area contributed by atoms with Crippen molar-refractivity contribution in [2.75, 3.05) is 19.0 Å². The number of carbonyl (C=O) groups is 1. The maximum Gasteiger partial charge on any atom is 0.251 e. The summed E-state index contributed by atoms with van der Waals surface area (Å²) in [7, 11) is 3.92. The van der Waals surface area contributed by atoms with Crippen LogP contribution in [0.2, 0.25) is 0 Å². The van der Waals surface area contributed by atoms with Gasteiger partial charge in [0.15, 0.2) is 0 Å². The van der Waals surface area contributed by atoms with Gasteiger partial charge in [-0.05, 0) is 43.7 Å². The minimum absolute atomic E-state index is 0.0364. The van der Waals surface area contributed by atoms with Gasteiger partial charge in [-0.3, -0.25) is 4.79 Å². The van der Waals surface area contributed by atoms with Crippen molar-refractivity contribution < 1.29 is 9.21 Å². The molecule has 112 valence electrons. The smallest absolute Gasteiger partial charge is 0.251 e. The van der Waals surface area contributed by atoms with Gasteiger partial charge in [0, 0.05) is 37.8 Å². The second-order valence-corrected chi connectivity index (χ2v) is 5.44. The quantitative estimate of drug-likeness (QED) is 0.887. The maximum absolute atomic E-state index is 12.2. The molecule has 0 aliphatic carbocycles. The molecule has 0 aliphatic rings. The Morgan fingerprint density at radius 2 is 2.10 bits per heavy atom. The van der Waals surface area contributed by atoms with Crippen molar-refractivity contribution >= 4 is 11.6 Å². The first-order valence-corrected chi connectivity index (χ1v) is 7.17. The van der Waals surface area contributed by atoms with Crippen molar-refractivity contribution in [1.82, 2.24) is 5.32 Å². The summed E-state index contributed by atoms with van der Waals surface area (Å²) in [5.41, 5.74) is 1.71. The highest BCUT2D eigenvalue weighted by Gasteiger charge is 2.11. The van der Waals surface area contributed by atoms with E-state index in [-0.39, 0.29) is 11.9 Å². The Balaban J connectivity index is 1.89. The molecule has 2 aromatic rings. The molecular formula is C17H22N2O2. The second kappa shape index (κ2) is 6.97. The Morgan fingerprint density at radius 3 is 2.76 bits per heavy atom. The van der Waals surface area contributed by atoms with Crippen LogP contribution in [0.3, 0.4) is 0 Å². The Bertz CT molecular complexity index is 576. The molecule has 1 amide bonds. The molecule has 0 bridgehead atoms. The van der Waals surface area contributed by atoms with Crippen LogP contribution in [0.4, 0.5) is 5.69 Å². The van der Waals surface area contributed by atoms with Gasteiger partial charge in [0.25, 0.3) is 5.91 Å². The predicted molar refractivity (Wildman–Crippen MR) is 84.7 cm³/mol. The number of aryl methyl sites for hydroxylation is 1. The van der Waals surface area contributed by atoms with Gasteiger partial charge in [0.05, 0.1) is 6.26 Å². The van der Waals surface area contributed by atoms with Crippen LogP contribution >= 0.6 is 0 Å². The zero-order valence-electron chi connectivity index (χ0n) is 12.8. The van der Waals surface area contributed by atoms with Gasteiger partial charge in [-0.2, -0.15) is 0 Å². The average Bonchev–Trinajstić information content (AvgIpc) is 2.98. The van der Waals surface area contributed by atoms with Gasteiger partial charge in [0.2, 0.25) is 0 Å². The molecule has 0 aliphatic heterocycles. The largest absolute Gasteiger partial charge is 0.469 e. The molecule has 0 saturated carbocycles. The lowest BCUT2D eigenvalue weighted by atomic mass is 10.1. The third kappa shape index (κ3) is 4.38. The second-order valence-electron chi connectivity index (χ2n) is 5.44. The average molecular weight is 286 g/mol. The van der Waals surface area contributed by atoms with E-state index < -0.39 is 0 Å². The van der Waals surface area contributed by atoms with E-state index in [1.807, 2.05) is 62.3 Å². The van der Waals surface area contributed by atoms with Crippen LogP contribution in [0.15, 0.2) is 47.1 Å². The zero-order valence-corrected chi connectivity index (χ0v) is 12.8. The number of nitrogens with zero attached hydrogens (tertiary/aromatic N) is 1. The zero-order chi connectivity index (χ0) is 15.2. The molecule has 1 atom stereocenters. The summed E-state index contributed by atoms with van der Waals surface area (Å²) in [6.07, 6.45) is 3.35. The van der Waals surface area contributed by atoms with Crippen molar-refractivity contribution in [3.8, 4) is 0 Å². The van der Waals surface area contributed by atoms with Crippen molar-refractivity contribution in [3.05, 3.63) is 54.0 Å². The monoisotopic (exact) mass is 286 g/mol. The van der Waals surface area contributed by atoms with Gasteiger partial charge in [0.1, 0.15) is 5.76 Å². The van der Waals surface area contributed by atoms with Crippen LogP contribution in [0.1, 0.15) is 29.5 Å². The highest BCUT2D eigenvalue weighted by atomic mass is 16.3. The third-order valence-electron chi connectivity index (χ3n) is 3.41. The molecule has 0 spiro atoms. The van der Waals surface area contributed by atoms with E-state index in [4.69, 9.17) is 4.42 Å². The number of amides is 1. The molecular weight excluding hydrogens is 264 g/mol. The highest BCUT2D eigenvalue weighted by molar-refractivity contribution is 5.95. The standard InChI is InChI=1S/C17H22N2O2/c1-13(9-10-16-8-5-11-21-16)18-17(20)14-6-4-7-15(12-14)19(2)3/h4-8,11-13H,9-10H2,1-3H3,(H,18,20). The minimum atomic E-state index is -0.0364. The van der Waals surface area contributed by atoms with E-state index in [0.717, 1.165) is 24.3 Å². The Kier molecular flexibility index (Phi) is 5.04. The maximum atomic E-state index is 12.2. The summed E-state index contributed by atoms with van der Waals surface area (Å²) in [5, 5.41) is 3.03. The van der Waals surface area contributed by atoms with E-state index in [9.17, 15) is 4.79 Å². The summed E-state index contributed by atoms with van der Waals surface area (Å²) in [5.74, 6) is 0.913. The predicted octanol–water partition coefficient (Wildman–Crippen LogP) is 3.10. The van der Waals surface area contributed by atoms with Crippen molar-refractivity contribution in [3.63, 3.8) is 0 Å². The van der Waals surface area contributed by atoms with E-state index in [1.54, 1.807) is 6.26 Å². The number of rotatable bonds is 6. The van der Waals surface area contributed by atoms with Crippen LogP contribution in [0.5, 0.6) is 0 Å². The molecule has 1 aromatic heterocycles. The van der Waals surface area contributed by atoms with Crippen LogP contribution in [-0.4, -0.2) is 26.0 Å². The normalized spacial score (nSPS) is 12.0. The van der Waals surface area contributed by atoms with E-state index in [0.29, 0.717) is 5.56 Å². The van der Waals surface area contributed by atoms with E-state index >= 15 is 0 Å². The molecule has 21 heavy (non-hydrogen) atoms. The van der Waals surface area contributed by atoms with E-state index in [2.05, 4.69) is 5.32 Å². The van der Waals surface area contributed by atoms with Crippen LogP contribution in [-0.2, 0) is 6.42 Å². The van der Waals surface area contributed by atoms with Crippen LogP contribution in [0.25, 0.3) is 0 Å². The van der Waals surface area contributed by atoms with Gasteiger partial charge in [-0.25, -0.2) is 0 Å². The number of carbonyl (C=O) groups excluding carboxylic acids is 1. The van der Waals surface area contributed by atoms with Gasteiger partial charge < -0.3 is 14.6 Å². The first-order chi connectivity index (χ1) is 10.1. The van der Waals surface area contributed by atoms with Gasteiger partial charge >= 0.3 is 0 Å². The lowest BCUT2D eigenvalue weighted by molar-refractivity contribution is 0.0938. The number of hydrogen-bond acceptors (Lipinski definition) is 3. The SMILES string of the molecule is CC(CCc1ccco1)NC(=O)c1cccc(N(C)C)c1. The molecule has 0 saturated heterocycles. The number of furan rings is 1. The van der Waals surface area contributed by atoms with Crippen molar-refractivity contribution in [1.29, 1.82) is 0 Å². The summed E-state index contributed by atoms with van der Waals surface area (Å²) in [4.78, 5) is 14.2. The third-order valence-corrected chi connectivity index (χ3v) is 3.41. The van der Waals surface area contributed by atoms with Crippen LogP contribution < -0.4 is 10.2 Å². The van der Waals surface area contributed by atoms with Gasteiger partial charge in [-0.1, -0.05) is 6.07 Å². The molecule has 4 heteroatoms. The lowest BCUT2D eigenvalue weighted by Crippen LogP contribution is -2.33. The molecule has 1 N–H and O–H groups in total. The Labute approximate surface area is 125 Å². The summed E-state index contributed by atoms with van der Waals surface area (Å²) >= 11 is 0. The Morgan fingerprint density at radius 1 is 1.29 bits per heavy atom. The van der Waals surface area contributed by atoms with Crippen LogP contribution in [0, 0.1) is 0 Å². The fourth-order valence-corrected chi connectivity index (χ4v) is 2.12. The summed E-state index contributed by atoms with van der Waals surface area (Å²) < 4.78 is 5.30. The molecule has 0 radical (unpaired) electrons.